The van der Waals surface area contributed by atoms with Crippen LogP contribution in [-0.2, 0) is 17.8 Å². The Hall–Kier alpha value is -3.32. The van der Waals surface area contributed by atoms with Crippen molar-refractivity contribution in [2.75, 3.05) is 31.2 Å². The van der Waals surface area contributed by atoms with Gasteiger partial charge in [-0.3, -0.25) is 4.57 Å². The molecule has 2 aliphatic rings. The fourth-order valence-corrected chi connectivity index (χ4v) is 5.05. The second kappa shape index (κ2) is 8.56. The number of fused-ring (bicyclic) bond motifs is 1. The molecular formula is C26H29N5O2. The van der Waals surface area contributed by atoms with Crippen LogP contribution in [0.5, 0.6) is 0 Å². The van der Waals surface area contributed by atoms with Crippen LogP contribution in [0.4, 0.5) is 5.95 Å². The van der Waals surface area contributed by atoms with Crippen molar-refractivity contribution in [1.29, 1.82) is 0 Å². The maximum absolute atomic E-state index is 5.73. The van der Waals surface area contributed by atoms with Gasteiger partial charge >= 0.3 is 0 Å². The summed E-state index contributed by atoms with van der Waals surface area (Å²) in [5.74, 6) is 3.38. The minimum absolute atomic E-state index is 0.492. The number of hydrogen-bond acceptors (Lipinski definition) is 5. The summed E-state index contributed by atoms with van der Waals surface area (Å²) in [5.41, 5.74) is 3.85. The lowest BCUT2D eigenvalue weighted by Gasteiger charge is -2.30. The van der Waals surface area contributed by atoms with Crippen molar-refractivity contribution in [1.82, 2.24) is 19.3 Å². The Morgan fingerprint density at radius 2 is 2.03 bits per heavy atom. The molecule has 1 aromatic carbocycles. The molecule has 4 aromatic rings. The summed E-state index contributed by atoms with van der Waals surface area (Å²) in [7, 11) is 0. The number of anilines is 1. The maximum atomic E-state index is 5.73. The van der Waals surface area contributed by atoms with Gasteiger partial charge in [0, 0.05) is 49.4 Å². The third-order valence-corrected chi connectivity index (χ3v) is 6.99. The molecule has 0 spiro atoms. The second-order valence-corrected chi connectivity index (χ2v) is 9.17. The summed E-state index contributed by atoms with van der Waals surface area (Å²) in [6.45, 7) is 7.15. The van der Waals surface area contributed by atoms with Gasteiger partial charge in [-0.05, 0) is 49.4 Å². The minimum Gasteiger partial charge on any atom is -0.465 e. The van der Waals surface area contributed by atoms with Crippen molar-refractivity contribution in [3.8, 4) is 0 Å². The van der Waals surface area contributed by atoms with Crippen LogP contribution in [0, 0.1) is 5.92 Å². The molecule has 1 fully saturated rings. The van der Waals surface area contributed by atoms with Gasteiger partial charge < -0.3 is 18.6 Å². The van der Waals surface area contributed by atoms with Gasteiger partial charge in [0.25, 0.3) is 0 Å². The van der Waals surface area contributed by atoms with Gasteiger partial charge in [0.2, 0.25) is 5.95 Å². The highest BCUT2D eigenvalue weighted by Gasteiger charge is 2.27. The molecular weight excluding hydrogens is 414 g/mol. The van der Waals surface area contributed by atoms with Gasteiger partial charge in [-0.25, -0.2) is 0 Å². The molecule has 3 aromatic heterocycles. The molecule has 0 amide bonds. The first-order chi connectivity index (χ1) is 16.3. The Morgan fingerprint density at radius 3 is 2.88 bits per heavy atom. The first kappa shape index (κ1) is 20.3. The van der Waals surface area contributed by atoms with Gasteiger partial charge in [-0.2, -0.15) is 0 Å². The molecule has 7 heteroatoms. The molecule has 170 valence electrons. The molecule has 0 radical (unpaired) electrons. The van der Waals surface area contributed by atoms with Crippen molar-refractivity contribution in [2.24, 2.45) is 5.92 Å². The first-order valence-corrected chi connectivity index (χ1v) is 11.8. The summed E-state index contributed by atoms with van der Waals surface area (Å²) in [6.07, 6.45) is 5.97. The fourth-order valence-electron chi connectivity index (χ4n) is 5.05. The zero-order valence-electron chi connectivity index (χ0n) is 19.0. The molecule has 7 nitrogen and oxygen atoms in total. The van der Waals surface area contributed by atoms with E-state index in [9.17, 15) is 0 Å². The quantitative estimate of drug-likeness (QED) is 0.436. The Morgan fingerprint density at radius 1 is 1.09 bits per heavy atom. The summed E-state index contributed by atoms with van der Waals surface area (Å²) in [4.78, 5) is 2.35. The van der Waals surface area contributed by atoms with E-state index in [0.717, 1.165) is 63.2 Å². The van der Waals surface area contributed by atoms with E-state index in [-0.39, 0.29) is 0 Å². The Kier molecular flexibility index (Phi) is 5.26. The second-order valence-electron chi connectivity index (χ2n) is 9.17. The molecule has 1 saturated heterocycles. The standard InChI is InChI=1S/C26H29N5O2/c1-19-8-11-30(16-22(19)24-7-4-13-33-24)26-28-27-25(31(26)15-20-10-14-32-18-20)17-29-12-9-21-5-2-3-6-23(21)29/h2-7,9,12-13,20H,8,10-11,14-18H2,1H3. The van der Waals surface area contributed by atoms with E-state index in [1.165, 1.54) is 22.0 Å². The lowest BCUT2D eigenvalue weighted by Crippen LogP contribution is -2.34. The summed E-state index contributed by atoms with van der Waals surface area (Å²) in [6, 6.07) is 14.6. The Bertz CT molecular complexity index is 1280. The van der Waals surface area contributed by atoms with Gasteiger partial charge in [-0.15, -0.1) is 10.2 Å². The van der Waals surface area contributed by atoms with Crippen LogP contribution in [0.15, 0.2) is 64.9 Å². The Labute approximate surface area is 193 Å². The maximum Gasteiger partial charge on any atom is 0.227 e. The molecule has 0 N–H and O–H groups in total. The minimum atomic E-state index is 0.492. The van der Waals surface area contributed by atoms with E-state index in [0.29, 0.717) is 12.5 Å². The SMILES string of the molecule is CC1=C(c2ccco2)CN(c2nnc(Cn3ccc4ccccc43)n2CC2CCOC2)CC1. The summed E-state index contributed by atoms with van der Waals surface area (Å²) >= 11 is 0. The highest BCUT2D eigenvalue weighted by molar-refractivity contribution is 5.80. The van der Waals surface area contributed by atoms with Crippen LogP contribution >= 0.6 is 0 Å². The lowest BCUT2D eigenvalue weighted by molar-refractivity contribution is 0.182. The summed E-state index contributed by atoms with van der Waals surface area (Å²) < 4.78 is 16.0. The zero-order valence-corrected chi connectivity index (χ0v) is 19.0. The number of aromatic nitrogens is 4. The molecule has 2 aliphatic heterocycles. The number of para-hydroxylation sites is 1. The number of hydrogen-bond donors (Lipinski definition) is 0. The van der Waals surface area contributed by atoms with Crippen LogP contribution in [0.25, 0.3) is 16.5 Å². The monoisotopic (exact) mass is 443 g/mol. The van der Waals surface area contributed by atoms with Crippen molar-refractivity contribution in [2.45, 2.75) is 32.9 Å². The van der Waals surface area contributed by atoms with E-state index in [4.69, 9.17) is 19.4 Å². The highest BCUT2D eigenvalue weighted by atomic mass is 16.5. The largest absolute Gasteiger partial charge is 0.465 e. The predicted molar refractivity (Wildman–Crippen MR) is 128 cm³/mol. The van der Waals surface area contributed by atoms with Crippen molar-refractivity contribution >= 4 is 22.4 Å². The van der Waals surface area contributed by atoms with Crippen LogP contribution in [0.1, 0.15) is 31.4 Å². The number of nitrogens with zero attached hydrogens (tertiary/aromatic N) is 5. The average Bonchev–Trinajstić information content (AvgIpc) is 3.64. The highest BCUT2D eigenvalue weighted by Crippen LogP contribution is 2.30. The van der Waals surface area contributed by atoms with Crippen LogP contribution in [-0.4, -0.2) is 45.6 Å². The van der Waals surface area contributed by atoms with E-state index >= 15 is 0 Å². The number of furan rings is 1. The van der Waals surface area contributed by atoms with E-state index in [1.54, 1.807) is 6.26 Å². The normalized spacial score (nSPS) is 19.2. The van der Waals surface area contributed by atoms with Crippen LogP contribution < -0.4 is 4.90 Å². The molecule has 5 heterocycles. The zero-order chi connectivity index (χ0) is 22.2. The fraction of sp³-hybridized carbons (Fsp3) is 0.385. The molecule has 6 rings (SSSR count). The third-order valence-electron chi connectivity index (χ3n) is 6.99. The predicted octanol–water partition coefficient (Wildman–Crippen LogP) is 4.59. The van der Waals surface area contributed by atoms with Gasteiger partial charge in [0.15, 0.2) is 5.82 Å². The van der Waals surface area contributed by atoms with Crippen molar-refractivity contribution in [3.63, 3.8) is 0 Å². The molecule has 0 bridgehead atoms. The smallest absolute Gasteiger partial charge is 0.227 e. The van der Waals surface area contributed by atoms with Crippen LogP contribution in [0.2, 0.25) is 0 Å². The average molecular weight is 444 g/mol. The number of rotatable bonds is 6. The Balaban J connectivity index is 1.34. The van der Waals surface area contributed by atoms with Gasteiger partial charge in [0.1, 0.15) is 5.76 Å². The van der Waals surface area contributed by atoms with E-state index in [2.05, 4.69) is 57.5 Å². The molecule has 0 saturated carbocycles. The van der Waals surface area contributed by atoms with Gasteiger partial charge in [0.05, 0.1) is 19.4 Å². The number of ether oxygens (including phenoxy) is 1. The molecule has 33 heavy (non-hydrogen) atoms. The third kappa shape index (κ3) is 3.86. The van der Waals surface area contributed by atoms with Crippen molar-refractivity contribution in [3.05, 3.63) is 72.1 Å². The van der Waals surface area contributed by atoms with Crippen molar-refractivity contribution < 1.29 is 9.15 Å². The topological polar surface area (TPSA) is 61.2 Å². The summed E-state index contributed by atoms with van der Waals surface area (Å²) in [5, 5.41) is 10.7. The molecule has 1 atom stereocenters. The van der Waals surface area contributed by atoms with Gasteiger partial charge in [-0.1, -0.05) is 23.8 Å². The number of benzene rings is 1. The van der Waals surface area contributed by atoms with E-state index in [1.807, 2.05) is 12.1 Å². The molecule has 0 aliphatic carbocycles. The van der Waals surface area contributed by atoms with Crippen LogP contribution in [0.3, 0.4) is 0 Å². The lowest BCUT2D eigenvalue weighted by atomic mass is 10.00. The van der Waals surface area contributed by atoms with E-state index < -0.39 is 0 Å². The molecule has 1 unspecified atom stereocenters. The first-order valence-electron chi connectivity index (χ1n) is 11.8.